The van der Waals surface area contributed by atoms with Gasteiger partial charge in [0.1, 0.15) is 5.69 Å². The van der Waals surface area contributed by atoms with Gasteiger partial charge in [-0.15, -0.1) is 0 Å². The Balaban J connectivity index is 1.58. The molecule has 6 nitrogen and oxygen atoms in total. The van der Waals surface area contributed by atoms with Crippen molar-refractivity contribution >= 4 is 23.2 Å². The van der Waals surface area contributed by atoms with Crippen molar-refractivity contribution in [1.82, 2.24) is 9.47 Å². The molecule has 0 fully saturated rings. The van der Waals surface area contributed by atoms with Gasteiger partial charge in [-0.1, -0.05) is 99.6 Å². The van der Waals surface area contributed by atoms with Crippen LogP contribution in [0.15, 0.2) is 120 Å². The molecular weight excluding hydrogens is 534 g/mol. The quantitative estimate of drug-likeness (QED) is 0.201. The lowest BCUT2D eigenvalue weighted by Crippen LogP contribution is -2.31. The number of pyridine rings is 1. The first kappa shape index (κ1) is 27.9. The summed E-state index contributed by atoms with van der Waals surface area (Å²) in [6.45, 7) is 6.35. The van der Waals surface area contributed by atoms with Crippen molar-refractivity contribution in [2.24, 2.45) is 0 Å². The summed E-state index contributed by atoms with van der Waals surface area (Å²) in [5.41, 5.74) is 5.03. The Morgan fingerprint density at radius 2 is 1.28 bits per heavy atom. The molecule has 0 spiro atoms. The maximum Gasteiger partial charge on any atom is 0.278 e. The molecule has 0 bridgehead atoms. The Bertz CT molecular complexity index is 1890. The first-order valence-electron chi connectivity index (χ1n) is 14.3. The van der Waals surface area contributed by atoms with E-state index in [1.807, 2.05) is 110 Å². The van der Waals surface area contributed by atoms with Gasteiger partial charge in [-0.3, -0.25) is 23.9 Å². The third-order valence-electron chi connectivity index (χ3n) is 7.95. The molecule has 1 aromatic heterocycles. The van der Waals surface area contributed by atoms with E-state index in [4.69, 9.17) is 0 Å². The number of benzene rings is 4. The maximum atomic E-state index is 14.2. The van der Waals surface area contributed by atoms with E-state index in [1.54, 1.807) is 0 Å². The van der Waals surface area contributed by atoms with Crippen molar-refractivity contribution in [3.8, 4) is 16.8 Å². The Morgan fingerprint density at radius 1 is 0.674 bits per heavy atom. The lowest BCUT2D eigenvalue weighted by atomic mass is 9.85. The molecule has 0 unspecified atom stereocenters. The van der Waals surface area contributed by atoms with Crippen LogP contribution in [-0.2, 0) is 12.0 Å². The summed E-state index contributed by atoms with van der Waals surface area (Å²) in [4.78, 5) is 45.7. The third kappa shape index (κ3) is 5.06. The largest absolute Gasteiger partial charge is 0.345 e. The van der Waals surface area contributed by atoms with Crippen LogP contribution in [0, 0.1) is 0 Å². The number of fused-ring (bicyclic) bond motifs is 1. The number of hydrogen-bond donors (Lipinski definition) is 0. The molecule has 1 aliphatic rings. The molecule has 6 heteroatoms. The van der Waals surface area contributed by atoms with Crippen LogP contribution in [-0.4, -0.2) is 28.3 Å². The zero-order valence-corrected chi connectivity index (χ0v) is 24.7. The van der Waals surface area contributed by atoms with E-state index < -0.39 is 11.8 Å². The van der Waals surface area contributed by atoms with Crippen LogP contribution >= 0.6 is 0 Å². The van der Waals surface area contributed by atoms with E-state index in [9.17, 15) is 14.4 Å². The van der Waals surface area contributed by atoms with Gasteiger partial charge in [0, 0.05) is 30.1 Å². The number of aromatic nitrogens is 1. The second-order valence-corrected chi connectivity index (χ2v) is 11.8. The summed E-state index contributed by atoms with van der Waals surface area (Å²) in [6, 6.07) is 36.1. The molecule has 1 aliphatic heterocycles. The molecule has 2 heterocycles. The number of amides is 2. The van der Waals surface area contributed by atoms with Gasteiger partial charge in [0.15, 0.2) is 0 Å². The van der Waals surface area contributed by atoms with Crippen LogP contribution in [0.5, 0.6) is 0 Å². The highest BCUT2D eigenvalue weighted by Crippen LogP contribution is 2.38. The molecule has 0 saturated heterocycles. The van der Waals surface area contributed by atoms with Crippen molar-refractivity contribution < 1.29 is 9.59 Å². The lowest BCUT2D eigenvalue weighted by Gasteiger charge is -2.28. The van der Waals surface area contributed by atoms with Gasteiger partial charge in [-0.2, -0.15) is 0 Å². The number of imide groups is 1. The first-order chi connectivity index (χ1) is 20.6. The van der Waals surface area contributed by atoms with Crippen molar-refractivity contribution in [2.75, 3.05) is 11.9 Å². The molecule has 5 aromatic rings. The Kier molecular flexibility index (Phi) is 7.06. The monoisotopic (exact) mass is 567 g/mol. The van der Waals surface area contributed by atoms with Gasteiger partial charge in [0.2, 0.25) is 0 Å². The fourth-order valence-electron chi connectivity index (χ4n) is 5.71. The van der Waals surface area contributed by atoms with Crippen LogP contribution < -0.4 is 10.5 Å². The first-order valence-corrected chi connectivity index (χ1v) is 14.3. The molecule has 2 amide bonds. The van der Waals surface area contributed by atoms with E-state index in [2.05, 4.69) is 31.7 Å². The third-order valence-corrected chi connectivity index (χ3v) is 7.95. The average Bonchev–Trinajstić information content (AvgIpc) is 3.26. The fraction of sp³-hybridized carbons (Fsp3) is 0.162. The molecule has 6 rings (SSSR count). The highest BCUT2D eigenvalue weighted by atomic mass is 16.2. The summed E-state index contributed by atoms with van der Waals surface area (Å²) >= 11 is 0. The number of nitrogens with zero attached hydrogens (tertiary/aromatic N) is 3. The van der Waals surface area contributed by atoms with Crippen molar-refractivity contribution in [3.63, 3.8) is 0 Å². The molecule has 4 aromatic carbocycles. The van der Waals surface area contributed by atoms with Gasteiger partial charge in [0.25, 0.3) is 17.4 Å². The number of rotatable bonds is 6. The molecule has 214 valence electrons. The van der Waals surface area contributed by atoms with E-state index in [-0.39, 0.29) is 28.8 Å². The number of para-hydroxylation sites is 1. The van der Waals surface area contributed by atoms with Crippen LogP contribution in [0.4, 0.5) is 11.4 Å². The summed E-state index contributed by atoms with van der Waals surface area (Å²) in [6.07, 6.45) is 0. The molecular formula is C37H33N3O3. The maximum absolute atomic E-state index is 14.2. The Hall–Kier alpha value is -5.23. The second-order valence-electron chi connectivity index (χ2n) is 11.8. The molecule has 0 N–H and O–H groups in total. The van der Waals surface area contributed by atoms with Gasteiger partial charge in [0.05, 0.1) is 17.8 Å². The second kappa shape index (κ2) is 10.9. The van der Waals surface area contributed by atoms with Crippen LogP contribution in [0.25, 0.3) is 16.8 Å². The smallest absolute Gasteiger partial charge is 0.278 e. The highest BCUT2D eigenvalue weighted by molar-refractivity contribution is 6.23. The number of carbonyl (C=O) groups is 2. The SMILES string of the molecule is CN(c1ccccc1)c1ccc(-n2c3c(c(-c4ccccc4)cc2=O)C(=O)N(Cc2ccccc2)C3=O)c(C(C)(C)C)c1. The summed E-state index contributed by atoms with van der Waals surface area (Å²) < 4.78 is 1.44. The minimum Gasteiger partial charge on any atom is -0.345 e. The van der Waals surface area contributed by atoms with Crippen LogP contribution in [0.1, 0.15) is 52.7 Å². The highest BCUT2D eigenvalue weighted by Gasteiger charge is 2.41. The zero-order chi connectivity index (χ0) is 30.3. The number of anilines is 2. The molecule has 0 aliphatic carbocycles. The molecule has 43 heavy (non-hydrogen) atoms. The van der Waals surface area contributed by atoms with E-state index in [0.29, 0.717) is 16.8 Å². The number of carbonyl (C=O) groups excluding carboxylic acids is 2. The topological polar surface area (TPSA) is 62.6 Å². The van der Waals surface area contributed by atoms with E-state index in [1.165, 1.54) is 15.5 Å². The normalized spacial score (nSPS) is 12.9. The van der Waals surface area contributed by atoms with E-state index >= 15 is 0 Å². The van der Waals surface area contributed by atoms with Crippen molar-refractivity contribution in [1.29, 1.82) is 0 Å². The summed E-state index contributed by atoms with van der Waals surface area (Å²) in [7, 11) is 2.00. The predicted molar refractivity (Wildman–Crippen MR) is 171 cm³/mol. The summed E-state index contributed by atoms with van der Waals surface area (Å²) in [5.74, 6) is -0.890. The zero-order valence-electron chi connectivity index (χ0n) is 24.7. The Morgan fingerprint density at radius 3 is 1.91 bits per heavy atom. The molecule has 0 atom stereocenters. The summed E-state index contributed by atoms with van der Waals surface area (Å²) in [5, 5.41) is 0. The standard InChI is InChI=1S/C37H33N3O3/c1-37(2,3)30-22-28(38(4)27-18-12-7-13-19-27)20-21-31(30)40-32(41)23-29(26-16-10-6-11-17-26)33-34(40)36(43)39(35(33)42)24-25-14-8-5-9-15-25/h5-23H,24H2,1-4H3. The molecule has 0 saturated carbocycles. The van der Waals surface area contributed by atoms with Crippen LogP contribution in [0.2, 0.25) is 0 Å². The van der Waals surface area contributed by atoms with Gasteiger partial charge >= 0.3 is 0 Å². The minimum atomic E-state index is -0.482. The van der Waals surface area contributed by atoms with Gasteiger partial charge in [-0.25, -0.2) is 0 Å². The fourth-order valence-corrected chi connectivity index (χ4v) is 5.71. The average molecular weight is 568 g/mol. The minimum absolute atomic E-state index is 0.0990. The number of hydrogen-bond acceptors (Lipinski definition) is 4. The predicted octanol–water partition coefficient (Wildman–Crippen LogP) is 7.37. The van der Waals surface area contributed by atoms with Crippen molar-refractivity contribution in [3.05, 3.63) is 148 Å². The molecule has 0 radical (unpaired) electrons. The van der Waals surface area contributed by atoms with E-state index in [0.717, 1.165) is 22.5 Å². The van der Waals surface area contributed by atoms with Gasteiger partial charge in [-0.05, 0) is 52.4 Å². The lowest BCUT2D eigenvalue weighted by molar-refractivity contribution is 0.0639. The Labute approximate surface area is 251 Å². The van der Waals surface area contributed by atoms with Crippen molar-refractivity contribution in [2.45, 2.75) is 32.7 Å². The van der Waals surface area contributed by atoms with Gasteiger partial charge < -0.3 is 4.90 Å². The van der Waals surface area contributed by atoms with Crippen LogP contribution in [0.3, 0.4) is 0 Å².